The predicted molar refractivity (Wildman–Crippen MR) is 110 cm³/mol. The molecule has 1 aromatic carbocycles. The number of aliphatic imine (C=N–C) groups is 1. The zero-order valence-electron chi connectivity index (χ0n) is 14.9. The fourth-order valence-corrected chi connectivity index (χ4v) is 2.77. The van der Waals surface area contributed by atoms with Gasteiger partial charge in [0.1, 0.15) is 6.10 Å². The van der Waals surface area contributed by atoms with Gasteiger partial charge in [0, 0.05) is 12.6 Å². The average molecular weight is 447 g/mol. The third-order valence-electron chi connectivity index (χ3n) is 3.94. The normalized spacial score (nSPS) is 16.2. The Labute approximate surface area is 162 Å². The van der Waals surface area contributed by atoms with Crippen LogP contribution in [0.5, 0.6) is 11.5 Å². The average Bonchev–Trinajstić information content (AvgIpc) is 3.06. The molecule has 5 nitrogen and oxygen atoms in total. The summed E-state index contributed by atoms with van der Waals surface area (Å²) in [5, 5.41) is 6.83. The molecule has 1 unspecified atom stereocenters. The van der Waals surface area contributed by atoms with Crippen molar-refractivity contribution in [3.63, 3.8) is 0 Å². The van der Waals surface area contributed by atoms with Crippen LogP contribution in [0.15, 0.2) is 29.3 Å². The molecule has 0 amide bonds. The molecule has 0 aromatic heterocycles. The van der Waals surface area contributed by atoms with Crippen LogP contribution in [0.3, 0.4) is 0 Å². The monoisotopic (exact) mass is 447 g/mol. The molecule has 136 valence electrons. The number of rotatable bonds is 7. The van der Waals surface area contributed by atoms with E-state index in [4.69, 9.17) is 9.47 Å². The fourth-order valence-electron chi connectivity index (χ4n) is 2.77. The van der Waals surface area contributed by atoms with Gasteiger partial charge in [-0.15, -0.1) is 24.0 Å². The maximum absolute atomic E-state index is 5.95. The van der Waals surface area contributed by atoms with E-state index in [2.05, 4.69) is 22.5 Å². The van der Waals surface area contributed by atoms with E-state index in [9.17, 15) is 0 Å². The number of ether oxygens (including phenoxy) is 2. The van der Waals surface area contributed by atoms with Crippen molar-refractivity contribution in [2.45, 2.75) is 51.7 Å². The molecule has 1 aromatic rings. The maximum atomic E-state index is 5.95. The molecule has 0 aliphatic heterocycles. The summed E-state index contributed by atoms with van der Waals surface area (Å²) in [6.07, 6.45) is 5.06. The first kappa shape index (κ1) is 20.9. The number of hydrogen-bond donors (Lipinski definition) is 2. The van der Waals surface area contributed by atoms with E-state index in [1.807, 2.05) is 31.2 Å². The van der Waals surface area contributed by atoms with Crippen molar-refractivity contribution in [2.24, 2.45) is 4.99 Å². The smallest absolute Gasteiger partial charge is 0.191 e. The number of nitrogens with zero attached hydrogens (tertiary/aromatic N) is 1. The second-order valence-electron chi connectivity index (χ2n) is 5.92. The first-order valence-electron chi connectivity index (χ1n) is 8.57. The van der Waals surface area contributed by atoms with Gasteiger partial charge >= 0.3 is 0 Å². The maximum Gasteiger partial charge on any atom is 0.191 e. The second-order valence-corrected chi connectivity index (χ2v) is 5.92. The standard InChI is InChI=1S/C18H29N3O2.HI/c1-4-19-18(21-15-9-5-6-10-15)20-13-14(2)23-17-12-8-7-11-16(17)22-3;/h7-8,11-12,14-15H,4-6,9-10,13H2,1-3H3,(H2,19,20,21);1H. The number of benzene rings is 1. The van der Waals surface area contributed by atoms with Crippen LogP contribution in [0.4, 0.5) is 0 Å². The summed E-state index contributed by atoms with van der Waals surface area (Å²) in [5.41, 5.74) is 0. The van der Waals surface area contributed by atoms with Crippen LogP contribution in [-0.2, 0) is 0 Å². The summed E-state index contributed by atoms with van der Waals surface area (Å²) in [4.78, 5) is 4.66. The summed E-state index contributed by atoms with van der Waals surface area (Å²) in [6.45, 7) is 5.57. The van der Waals surface area contributed by atoms with Gasteiger partial charge in [-0.25, -0.2) is 4.99 Å². The van der Waals surface area contributed by atoms with Gasteiger partial charge in [0.05, 0.1) is 13.7 Å². The van der Waals surface area contributed by atoms with Crippen molar-refractivity contribution >= 4 is 29.9 Å². The molecular weight excluding hydrogens is 417 g/mol. The number of methoxy groups -OCH3 is 1. The highest BCUT2D eigenvalue weighted by Gasteiger charge is 2.16. The molecule has 0 radical (unpaired) electrons. The van der Waals surface area contributed by atoms with Crippen molar-refractivity contribution in [1.29, 1.82) is 0 Å². The van der Waals surface area contributed by atoms with Crippen molar-refractivity contribution in [2.75, 3.05) is 20.2 Å². The molecule has 0 heterocycles. The van der Waals surface area contributed by atoms with Gasteiger partial charge in [-0.1, -0.05) is 25.0 Å². The summed E-state index contributed by atoms with van der Waals surface area (Å²) in [5.74, 6) is 2.39. The highest BCUT2D eigenvalue weighted by Crippen LogP contribution is 2.26. The molecule has 24 heavy (non-hydrogen) atoms. The van der Waals surface area contributed by atoms with Gasteiger partial charge in [-0.2, -0.15) is 0 Å². The van der Waals surface area contributed by atoms with Crippen LogP contribution < -0.4 is 20.1 Å². The molecule has 6 heteroatoms. The molecule has 1 aliphatic rings. The van der Waals surface area contributed by atoms with Gasteiger partial charge in [-0.05, 0) is 38.8 Å². The van der Waals surface area contributed by atoms with E-state index in [1.165, 1.54) is 25.7 Å². The molecule has 2 N–H and O–H groups in total. The lowest BCUT2D eigenvalue weighted by Crippen LogP contribution is -2.42. The SMILES string of the molecule is CCNC(=NCC(C)Oc1ccccc1OC)NC1CCCC1.I. The molecule has 0 spiro atoms. The Hall–Kier alpha value is -1.18. The number of halogens is 1. The Kier molecular flexibility index (Phi) is 9.90. The van der Waals surface area contributed by atoms with Crippen LogP contribution in [0.1, 0.15) is 39.5 Å². The lowest BCUT2D eigenvalue weighted by atomic mass is 10.2. The van der Waals surface area contributed by atoms with Gasteiger partial charge in [-0.3, -0.25) is 0 Å². The zero-order chi connectivity index (χ0) is 16.5. The highest BCUT2D eigenvalue weighted by atomic mass is 127. The summed E-state index contributed by atoms with van der Waals surface area (Å²) in [6, 6.07) is 8.25. The first-order chi connectivity index (χ1) is 11.2. The Morgan fingerprint density at radius 2 is 1.92 bits per heavy atom. The minimum absolute atomic E-state index is 0. The van der Waals surface area contributed by atoms with E-state index in [0.717, 1.165) is 24.0 Å². The molecule has 0 bridgehead atoms. The molecule has 0 saturated heterocycles. The van der Waals surface area contributed by atoms with Crippen LogP contribution in [-0.4, -0.2) is 38.3 Å². The van der Waals surface area contributed by atoms with Gasteiger partial charge in [0.2, 0.25) is 0 Å². The van der Waals surface area contributed by atoms with Crippen LogP contribution in [0, 0.1) is 0 Å². The molecule has 1 fully saturated rings. The fraction of sp³-hybridized carbons (Fsp3) is 0.611. The topological polar surface area (TPSA) is 54.9 Å². The van der Waals surface area contributed by atoms with Crippen LogP contribution in [0.2, 0.25) is 0 Å². The zero-order valence-corrected chi connectivity index (χ0v) is 17.2. The molecular formula is C18H30IN3O2. The second kappa shape index (κ2) is 11.4. The van der Waals surface area contributed by atoms with Crippen molar-refractivity contribution in [1.82, 2.24) is 10.6 Å². The van der Waals surface area contributed by atoms with E-state index in [0.29, 0.717) is 12.6 Å². The minimum atomic E-state index is -0.0228. The lowest BCUT2D eigenvalue weighted by molar-refractivity contribution is 0.219. The summed E-state index contributed by atoms with van der Waals surface area (Å²) < 4.78 is 11.3. The molecule has 2 rings (SSSR count). The number of para-hydroxylation sites is 2. The third kappa shape index (κ3) is 6.75. The van der Waals surface area contributed by atoms with Crippen molar-refractivity contribution < 1.29 is 9.47 Å². The Morgan fingerprint density at radius 3 is 2.54 bits per heavy atom. The van der Waals surface area contributed by atoms with E-state index in [-0.39, 0.29) is 30.1 Å². The summed E-state index contributed by atoms with van der Waals surface area (Å²) in [7, 11) is 1.65. The van der Waals surface area contributed by atoms with E-state index < -0.39 is 0 Å². The van der Waals surface area contributed by atoms with Crippen molar-refractivity contribution in [3.05, 3.63) is 24.3 Å². The quantitative estimate of drug-likeness (QED) is 0.381. The molecule has 1 atom stereocenters. The molecule has 1 aliphatic carbocycles. The van der Waals surface area contributed by atoms with Crippen LogP contribution in [0.25, 0.3) is 0 Å². The van der Waals surface area contributed by atoms with Crippen molar-refractivity contribution in [3.8, 4) is 11.5 Å². The predicted octanol–water partition coefficient (Wildman–Crippen LogP) is 3.58. The minimum Gasteiger partial charge on any atom is -0.493 e. The Bertz CT molecular complexity index is 505. The number of hydrogen-bond acceptors (Lipinski definition) is 3. The number of nitrogens with one attached hydrogen (secondary N) is 2. The first-order valence-corrected chi connectivity index (χ1v) is 8.57. The van der Waals surface area contributed by atoms with Gasteiger partial charge < -0.3 is 20.1 Å². The van der Waals surface area contributed by atoms with Gasteiger partial charge in [0.25, 0.3) is 0 Å². The van der Waals surface area contributed by atoms with Gasteiger partial charge in [0.15, 0.2) is 17.5 Å². The number of guanidine groups is 1. The largest absolute Gasteiger partial charge is 0.493 e. The summed E-state index contributed by atoms with van der Waals surface area (Å²) >= 11 is 0. The Morgan fingerprint density at radius 1 is 1.25 bits per heavy atom. The molecule has 1 saturated carbocycles. The Balaban J connectivity index is 0.00000288. The third-order valence-corrected chi connectivity index (χ3v) is 3.94. The van der Waals surface area contributed by atoms with Crippen LogP contribution >= 0.6 is 24.0 Å². The lowest BCUT2D eigenvalue weighted by Gasteiger charge is -2.18. The van der Waals surface area contributed by atoms with E-state index in [1.54, 1.807) is 7.11 Å². The van der Waals surface area contributed by atoms with E-state index >= 15 is 0 Å². The highest BCUT2D eigenvalue weighted by molar-refractivity contribution is 14.0.